The molecule has 0 spiro atoms. The predicted molar refractivity (Wildman–Crippen MR) is 136 cm³/mol. The van der Waals surface area contributed by atoms with Gasteiger partial charge in [0, 0.05) is 17.6 Å². The van der Waals surface area contributed by atoms with Crippen LogP contribution >= 0.6 is 15.9 Å². The number of hydrogen-bond donors (Lipinski definition) is 1. The SMILES string of the molecule is CCCNC(=O)[C@@H](C)N(Cc1cccc(Br)c1)C(=O)CN(c1cccc(C)c1C)S(C)(=O)=O. The minimum atomic E-state index is -3.75. The van der Waals surface area contributed by atoms with Crippen LogP contribution in [-0.2, 0) is 26.2 Å². The summed E-state index contributed by atoms with van der Waals surface area (Å²) < 4.78 is 27.3. The van der Waals surface area contributed by atoms with Crippen molar-refractivity contribution in [3.63, 3.8) is 0 Å². The van der Waals surface area contributed by atoms with Crippen molar-refractivity contribution in [1.82, 2.24) is 10.2 Å². The molecule has 9 heteroatoms. The molecule has 0 bridgehead atoms. The predicted octanol–water partition coefficient (Wildman–Crippen LogP) is 3.78. The first-order chi connectivity index (χ1) is 15.5. The van der Waals surface area contributed by atoms with Crippen LogP contribution in [0.4, 0.5) is 5.69 Å². The number of carbonyl (C=O) groups is 2. The van der Waals surface area contributed by atoms with Crippen molar-refractivity contribution in [2.24, 2.45) is 0 Å². The van der Waals surface area contributed by atoms with Crippen molar-refractivity contribution in [3.8, 4) is 0 Å². The van der Waals surface area contributed by atoms with Crippen LogP contribution in [0.2, 0.25) is 0 Å². The average Bonchev–Trinajstić information content (AvgIpc) is 2.75. The Kier molecular flexibility index (Phi) is 9.48. The Bertz CT molecular complexity index is 1100. The summed E-state index contributed by atoms with van der Waals surface area (Å²) in [5.41, 5.74) is 2.98. The molecule has 2 rings (SSSR count). The van der Waals surface area contributed by atoms with E-state index in [2.05, 4.69) is 21.2 Å². The Morgan fingerprint density at radius 3 is 2.39 bits per heavy atom. The molecule has 0 saturated heterocycles. The normalized spacial score (nSPS) is 12.2. The largest absolute Gasteiger partial charge is 0.354 e. The van der Waals surface area contributed by atoms with Gasteiger partial charge in [-0.15, -0.1) is 0 Å². The molecule has 0 unspecified atom stereocenters. The van der Waals surface area contributed by atoms with E-state index in [-0.39, 0.29) is 12.5 Å². The van der Waals surface area contributed by atoms with Gasteiger partial charge in [0.05, 0.1) is 11.9 Å². The molecule has 0 aliphatic carbocycles. The molecular weight excluding hydrogens is 506 g/mol. The fourth-order valence-corrected chi connectivity index (χ4v) is 4.76. The van der Waals surface area contributed by atoms with Crippen LogP contribution in [-0.4, -0.2) is 50.5 Å². The number of rotatable bonds is 10. The number of benzene rings is 2. The highest BCUT2D eigenvalue weighted by atomic mass is 79.9. The fraction of sp³-hybridized carbons (Fsp3) is 0.417. The van der Waals surface area contributed by atoms with Crippen LogP contribution in [0.3, 0.4) is 0 Å². The van der Waals surface area contributed by atoms with E-state index in [4.69, 9.17) is 0 Å². The van der Waals surface area contributed by atoms with E-state index in [9.17, 15) is 18.0 Å². The molecule has 2 aromatic rings. The topological polar surface area (TPSA) is 86.8 Å². The number of nitrogens with zero attached hydrogens (tertiary/aromatic N) is 2. The molecule has 7 nitrogen and oxygen atoms in total. The van der Waals surface area contributed by atoms with Crippen LogP contribution in [0, 0.1) is 13.8 Å². The standard InChI is InChI=1S/C24H32BrN3O4S/c1-6-13-26-24(30)19(4)27(15-20-10-8-11-21(25)14-20)23(29)16-28(33(5,31)32)22-12-7-9-17(2)18(22)3/h7-12,14,19H,6,13,15-16H2,1-5H3,(H,26,30)/t19-/m1/s1. The van der Waals surface area contributed by atoms with E-state index in [0.717, 1.165) is 38.1 Å². The molecular formula is C24H32BrN3O4S. The number of halogens is 1. The van der Waals surface area contributed by atoms with Gasteiger partial charge in [0.1, 0.15) is 12.6 Å². The number of anilines is 1. The zero-order chi connectivity index (χ0) is 24.8. The van der Waals surface area contributed by atoms with E-state index >= 15 is 0 Å². The van der Waals surface area contributed by atoms with Crippen molar-refractivity contribution in [1.29, 1.82) is 0 Å². The summed E-state index contributed by atoms with van der Waals surface area (Å²) in [5, 5.41) is 2.82. The van der Waals surface area contributed by atoms with Crippen LogP contribution in [0.25, 0.3) is 0 Å². The van der Waals surface area contributed by atoms with Gasteiger partial charge in [-0.1, -0.05) is 47.1 Å². The quantitative estimate of drug-likeness (QED) is 0.499. The Balaban J connectivity index is 2.42. The van der Waals surface area contributed by atoms with Crippen molar-refractivity contribution in [2.45, 2.75) is 46.7 Å². The lowest BCUT2D eigenvalue weighted by Gasteiger charge is -2.32. The minimum absolute atomic E-state index is 0.170. The molecule has 0 heterocycles. The summed E-state index contributed by atoms with van der Waals surface area (Å²) in [6.45, 7) is 7.59. The number of nitrogens with one attached hydrogen (secondary N) is 1. The van der Waals surface area contributed by atoms with Gasteiger partial charge in [-0.3, -0.25) is 13.9 Å². The number of hydrogen-bond acceptors (Lipinski definition) is 4. The average molecular weight is 539 g/mol. The molecule has 0 aliphatic heterocycles. The lowest BCUT2D eigenvalue weighted by atomic mass is 10.1. The molecule has 0 aromatic heterocycles. The van der Waals surface area contributed by atoms with Gasteiger partial charge in [-0.05, 0) is 62.1 Å². The second kappa shape index (κ2) is 11.7. The summed E-state index contributed by atoms with van der Waals surface area (Å²) in [6, 6.07) is 12.0. The Morgan fingerprint density at radius 2 is 1.79 bits per heavy atom. The van der Waals surface area contributed by atoms with E-state index < -0.39 is 28.5 Å². The zero-order valence-electron chi connectivity index (χ0n) is 19.8. The lowest BCUT2D eigenvalue weighted by molar-refractivity contribution is -0.139. The van der Waals surface area contributed by atoms with Crippen molar-refractivity contribution < 1.29 is 18.0 Å². The van der Waals surface area contributed by atoms with Crippen LogP contribution < -0.4 is 9.62 Å². The van der Waals surface area contributed by atoms with Crippen LogP contribution in [0.1, 0.15) is 37.0 Å². The summed E-state index contributed by atoms with van der Waals surface area (Å²) in [6.07, 6.45) is 1.85. The van der Waals surface area contributed by atoms with Gasteiger partial charge in [-0.2, -0.15) is 0 Å². The molecule has 1 atom stereocenters. The Labute approximate surface area is 205 Å². The first-order valence-corrected chi connectivity index (χ1v) is 13.4. The lowest BCUT2D eigenvalue weighted by Crippen LogP contribution is -2.51. The van der Waals surface area contributed by atoms with Gasteiger partial charge in [0.15, 0.2) is 0 Å². The molecule has 0 saturated carbocycles. The summed E-state index contributed by atoms with van der Waals surface area (Å²) >= 11 is 3.43. The third-order valence-corrected chi connectivity index (χ3v) is 7.10. The van der Waals surface area contributed by atoms with Crippen LogP contribution in [0.5, 0.6) is 0 Å². The molecule has 1 N–H and O–H groups in total. The van der Waals surface area contributed by atoms with E-state index in [1.54, 1.807) is 19.1 Å². The monoisotopic (exact) mass is 537 g/mol. The third-order valence-electron chi connectivity index (χ3n) is 5.48. The number of aryl methyl sites for hydroxylation is 1. The van der Waals surface area contributed by atoms with Gasteiger partial charge < -0.3 is 10.2 Å². The summed E-state index contributed by atoms with van der Waals surface area (Å²) in [5.74, 6) is -0.738. The van der Waals surface area contributed by atoms with E-state index in [1.165, 1.54) is 4.90 Å². The number of amides is 2. The van der Waals surface area contributed by atoms with Gasteiger partial charge in [0.25, 0.3) is 0 Å². The third kappa shape index (κ3) is 7.30. The van der Waals surface area contributed by atoms with E-state index in [1.807, 2.05) is 51.1 Å². The smallest absolute Gasteiger partial charge is 0.244 e. The first kappa shape index (κ1) is 26.9. The highest BCUT2D eigenvalue weighted by Gasteiger charge is 2.30. The molecule has 0 radical (unpaired) electrons. The Morgan fingerprint density at radius 1 is 1.12 bits per heavy atom. The summed E-state index contributed by atoms with van der Waals surface area (Å²) in [4.78, 5) is 27.6. The Hall–Kier alpha value is -2.39. The molecule has 0 aliphatic rings. The van der Waals surface area contributed by atoms with Crippen molar-refractivity contribution in [3.05, 3.63) is 63.6 Å². The van der Waals surface area contributed by atoms with Gasteiger partial charge >= 0.3 is 0 Å². The van der Waals surface area contributed by atoms with Crippen LogP contribution in [0.15, 0.2) is 46.9 Å². The highest BCUT2D eigenvalue weighted by Crippen LogP contribution is 2.25. The number of sulfonamides is 1. The molecule has 0 fully saturated rings. The van der Waals surface area contributed by atoms with Crippen molar-refractivity contribution in [2.75, 3.05) is 23.7 Å². The molecule has 33 heavy (non-hydrogen) atoms. The van der Waals surface area contributed by atoms with Gasteiger partial charge in [-0.25, -0.2) is 8.42 Å². The summed E-state index contributed by atoms with van der Waals surface area (Å²) in [7, 11) is -3.75. The second-order valence-corrected chi connectivity index (χ2v) is 10.9. The maximum atomic E-state index is 13.5. The maximum absolute atomic E-state index is 13.5. The molecule has 180 valence electrons. The second-order valence-electron chi connectivity index (χ2n) is 8.11. The maximum Gasteiger partial charge on any atom is 0.244 e. The molecule has 2 amide bonds. The zero-order valence-corrected chi connectivity index (χ0v) is 22.2. The highest BCUT2D eigenvalue weighted by molar-refractivity contribution is 9.10. The van der Waals surface area contributed by atoms with Crippen molar-refractivity contribution >= 4 is 43.5 Å². The minimum Gasteiger partial charge on any atom is -0.354 e. The first-order valence-electron chi connectivity index (χ1n) is 10.8. The van der Waals surface area contributed by atoms with E-state index in [0.29, 0.717) is 12.2 Å². The molecule has 2 aromatic carbocycles. The number of carbonyl (C=O) groups excluding carboxylic acids is 2. The van der Waals surface area contributed by atoms with Gasteiger partial charge in [0.2, 0.25) is 21.8 Å². The fourth-order valence-electron chi connectivity index (χ4n) is 3.41.